The largest absolute Gasteiger partial charge is 0.465 e. The van der Waals surface area contributed by atoms with Crippen LogP contribution in [-0.2, 0) is 16.0 Å². The maximum absolute atomic E-state index is 11.5. The van der Waals surface area contributed by atoms with Crippen LogP contribution >= 0.6 is 0 Å². The number of nitrogens with zero attached hydrogens (tertiary/aromatic N) is 1. The summed E-state index contributed by atoms with van der Waals surface area (Å²) >= 11 is 0. The third-order valence-electron chi connectivity index (χ3n) is 3.72. The van der Waals surface area contributed by atoms with Gasteiger partial charge >= 0.3 is 5.97 Å². The first-order valence-corrected chi connectivity index (χ1v) is 7.48. The molecule has 1 aromatic heterocycles. The van der Waals surface area contributed by atoms with Crippen LogP contribution in [0.4, 0.5) is 0 Å². The summed E-state index contributed by atoms with van der Waals surface area (Å²) in [6.45, 7) is 8.47. The fourth-order valence-corrected chi connectivity index (χ4v) is 2.52. The predicted octanol–water partition coefficient (Wildman–Crippen LogP) is 0.922. The van der Waals surface area contributed by atoms with Gasteiger partial charge in [0.2, 0.25) is 0 Å². The van der Waals surface area contributed by atoms with E-state index in [0.29, 0.717) is 5.56 Å². The van der Waals surface area contributed by atoms with Gasteiger partial charge in [0.1, 0.15) is 0 Å². The SMILES string of the molecule is COC(=O)c1cc(CNCCCN2CCOCC2)[nH]c1C. The fraction of sp³-hybridized carbons (Fsp3) is 0.667. The zero-order valence-electron chi connectivity index (χ0n) is 12.9. The number of hydrogen-bond donors (Lipinski definition) is 2. The highest BCUT2D eigenvalue weighted by Gasteiger charge is 2.12. The Morgan fingerprint density at radius 3 is 2.95 bits per heavy atom. The lowest BCUT2D eigenvalue weighted by Gasteiger charge is -2.26. The third kappa shape index (κ3) is 4.84. The third-order valence-corrected chi connectivity index (χ3v) is 3.72. The van der Waals surface area contributed by atoms with Gasteiger partial charge in [0.25, 0.3) is 0 Å². The molecule has 6 heteroatoms. The first kappa shape index (κ1) is 16.0. The molecule has 1 fully saturated rings. The highest BCUT2D eigenvalue weighted by molar-refractivity contribution is 5.90. The Hall–Kier alpha value is -1.37. The van der Waals surface area contributed by atoms with E-state index in [9.17, 15) is 4.79 Å². The normalized spacial score (nSPS) is 16.1. The number of rotatable bonds is 7. The first-order valence-electron chi connectivity index (χ1n) is 7.48. The minimum absolute atomic E-state index is 0.290. The number of morpholine rings is 1. The molecule has 0 amide bonds. The zero-order chi connectivity index (χ0) is 15.1. The Morgan fingerprint density at radius 1 is 1.48 bits per heavy atom. The summed E-state index contributed by atoms with van der Waals surface area (Å²) in [5, 5.41) is 3.40. The van der Waals surface area contributed by atoms with Gasteiger partial charge in [-0.05, 0) is 32.5 Å². The van der Waals surface area contributed by atoms with Crippen molar-refractivity contribution in [3.05, 3.63) is 23.0 Å². The Labute approximate surface area is 125 Å². The number of hydrogen-bond acceptors (Lipinski definition) is 5. The number of ether oxygens (including phenoxy) is 2. The highest BCUT2D eigenvalue weighted by Crippen LogP contribution is 2.11. The van der Waals surface area contributed by atoms with Gasteiger partial charge in [0, 0.05) is 31.0 Å². The van der Waals surface area contributed by atoms with Crippen LogP contribution in [0.3, 0.4) is 0 Å². The van der Waals surface area contributed by atoms with Crippen molar-refractivity contribution in [1.29, 1.82) is 0 Å². The quantitative estimate of drug-likeness (QED) is 0.578. The summed E-state index contributed by atoms with van der Waals surface area (Å²) in [6.07, 6.45) is 1.11. The minimum Gasteiger partial charge on any atom is -0.465 e. The second-order valence-corrected chi connectivity index (χ2v) is 5.31. The summed E-state index contributed by atoms with van der Waals surface area (Å²) < 4.78 is 10.1. The molecule has 1 aromatic rings. The Bertz CT molecular complexity index is 453. The van der Waals surface area contributed by atoms with Crippen LogP contribution in [0.25, 0.3) is 0 Å². The molecule has 1 aliphatic rings. The molecule has 0 radical (unpaired) electrons. The van der Waals surface area contributed by atoms with E-state index in [1.54, 1.807) is 0 Å². The first-order chi connectivity index (χ1) is 10.2. The topological polar surface area (TPSA) is 66.6 Å². The number of aromatic amines is 1. The smallest absolute Gasteiger partial charge is 0.339 e. The maximum Gasteiger partial charge on any atom is 0.339 e. The maximum atomic E-state index is 11.5. The molecule has 0 aromatic carbocycles. The fourth-order valence-electron chi connectivity index (χ4n) is 2.52. The van der Waals surface area contributed by atoms with E-state index >= 15 is 0 Å². The van der Waals surface area contributed by atoms with Crippen molar-refractivity contribution in [2.75, 3.05) is 46.5 Å². The molecular weight excluding hydrogens is 270 g/mol. The molecule has 1 aliphatic heterocycles. The molecule has 0 spiro atoms. The van der Waals surface area contributed by atoms with E-state index in [2.05, 4.69) is 15.2 Å². The van der Waals surface area contributed by atoms with E-state index in [-0.39, 0.29) is 5.97 Å². The average molecular weight is 295 g/mol. The average Bonchev–Trinajstić information content (AvgIpc) is 2.88. The van der Waals surface area contributed by atoms with Crippen LogP contribution in [-0.4, -0.2) is 62.4 Å². The molecular formula is C15H25N3O3. The summed E-state index contributed by atoms with van der Waals surface area (Å²) in [4.78, 5) is 17.2. The van der Waals surface area contributed by atoms with Gasteiger partial charge in [-0.2, -0.15) is 0 Å². The number of aryl methyl sites for hydroxylation is 1. The lowest BCUT2D eigenvalue weighted by molar-refractivity contribution is 0.0374. The number of esters is 1. The van der Waals surface area contributed by atoms with Crippen molar-refractivity contribution in [3.63, 3.8) is 0 Å². The molecule has 0 bridgehead atoms. The van der Waals surface area contributed by atoms with Crippen LogP contribution in [0, 0.1) is 6.92 Å². The lowest BCUT2D eigenvalue weighted by Crippen LogP contribution is -2.37. The predicted molar refractivity (Wildman–Crippen MR) is 80.5 cm³/mol. The van der Waals surface area contributed by atoms with Gasteiger partial charge in [0.15, 0.2) is 0 Å². The molecule has 0 aliphatic carbocycles. The number of carbonyl (C=O) groups excluding carboxylic acids is 1. The van der Waals surface area contributed by atoms with Crippen molar-refractivity contribution in [1.82, 2.24) is 15.2 Å². The molecule has 0 unspecified atom stereocenters. The summed E-state index contributed by atoms with van der Waals surface area (Å²) in [7, 11) is 1.40. The Morgan fingerprint density at radius 2 is 2.24 bits per heavy atom. The van der Waals surface area contributed by atoms with Gasteiger partial charge in [-0.1, -0.05) is 0 Å². The summed E-state index contributed by atoms with van der Waals surface area (Å²) in [5.74, 6) is -0.290. The lowest BCUT2D eigenvalue weighted by atomic mass is 10.2. The van der Waals surface area contributed by atoms with Crippen LogP contribution in [0.1, 0.15) is 28.2 Å². The molecule has 2 rings (SSSR count). The molecule has 21 heavy (non-hydrogen) atoms. The zero-order valence-corrected chi connectivity index (χ0v) is 12.9. The van der Waals surface area contributed by atoms with E-state index in [1.807, 2.05) is 13.0 Å². The number of methoxy groups -OCH3 is 1. The van der Waals surface area contributed by atoms with Crippen molar-refractivity contribution in [2.45, 2.75) is 19.9 Å². The highest BCUT2D eigenvalue weighted by atomic mass is 16.5. The van der Waals surface area contributed by atoms with Crippen molar-refractivity contribution >= 4 is 5.97 Å². The van der Waals surface area contributed by atoms with E-state index in [4.69, 9.17) is 9.47 Å². The number of H-pyrrole nitrogens is 1. The number of aromatic nitrogens is 1. The molecule has 0 saturated carbocycles. The summed E-state index contributed by atoms with van der Waals surface area (Å²) in [5.41, 5.74) is 2.48. The number of nitrogens with one attached hydrogen (secondary N) is 2. The molecule has 2 heterocycles. The van der Waals surface area contributed by atoms with Gasteiger partial charge in [0.05, 0.1) is 25.9 Å². The molecule has 118 valence electrons. The minimum atomic E-state index is -0.290. The number of carbonyl (C=O) groups is 1. The monoisotopic (exact) mass is 295 g/mol. The van der Waals surface area contributed by atoms with Crippen LogP contribution in [0.15, 0.2) is 6.07 Å². The van der Waals surface area contributed by atoms with Gasteiger partial charge in [-0.15, -0.1) is 0 Å². The van der Waals surface area contributed by atoms with Crippen molar-refractivity contribution < 1.29 is 14.3 Å². The van der Waals surface area contributed by atoms with E-state index < -0.39 is 0 Å². The summed E-state index contributed by atoms with van der Waals surface area (Å²) in [6, 6.07) is 1.86. The van der Waals surface area contributed by atoms with Gasteiger partial charge < -0.3 is 19.8 Å². The van der Waals surface area contributed by atoms with E-state index in [0.717, 1.165) is 63.7 Å². The van der Waals surface area contributed by atoms with Gasteiger partial charge in [-0.25, -0.2) is 4.79 Å². The molecule has 6 nitrogen and oxygen atoms in total. The second kappa shape index (κ2) is 8.17. The van der Waals surface area contributed by atoms with Crippen molar-refractivity contribution in [2.24, 2.45) is 0 Å². The molecule has 2 N–H and O–H groups in total. The second-order valence-electron chi connectivity index (χ2n) is 5.31. The van der Waals surface area contributed by atoms with Gasteiger partial charge in [-0.3, -0.25) is 4.90 Å². The Kier molecular flexibility index (Phi) is 6.22. The van der Waals surface area contributed by atoms with Crippen LogP contribution < -0.4 is 5.32 Å². The van der Waals surface area contributed by atoms with Crippen LogP contribution in [0.2, 0.25) is 0 Å². The Balaban J connectivity index is 1.65. The van der Waals surface area contributed by atoms with E-state index in [1.165, 1.54) is 7.11 Å². The molecule has 0 atom stereocenters. The molecule has 1 saturated heterocycles. The van der Waals surface area contributed by atoms with Crippen molar-refractivity contribution in [3.8, 4) is 0 Å². The van der Waals surface area contributed by atoms with Crippen LogP contribution in [0.5, 0.6) is 0 Å². The standard InChI is InChI=1S/C15H25N3O3/c1-12-14(15(19)20-2)10-13(17-12)11-16-4-3-5-18-6-8-21-9-7-18/h10,16-17H,3-9,11H2,1-2H3.